The first-order chi connectivity index (χ1) is 54.4. The number of para-hydroxylation sites is 1. The number of rotatable bonds is 27. The molecule has 0 saturated heterocycles. The average molecular weight is 1630 g/mol. The number of carboxylic acid groups (broad SMARTS) is 1. The lowest BCUT2D eigenvalue weighted by Crippen LogP contribution is -2.52. The van der Waals surface area contributed by atoms with Gasteiger partial charge in [-0.1, -0.05) is 142 Å². The van der Waals surface area contributed by atoms with E-state index in [4.69, 9.17) is 44.4 Å². The highest BCUT2D eigenvalue weighted by Crippen LogP contribution is 2.41. The van der Waals surface area contributed by atoms with Gasteiger partial charge in [-0.15, -0.1) is 11.8 Å². The van der Waals surface area contributed by atoms with Crippen molar-refractivity contribution in [2.24, 2.45) is 23.3 Å². The lowest BCUT2D eigenvalue weighted by Gasteiger charge is -2.20. The second-order valence-electron chi connectivity index (χ2n) is 26.9. The van der Waals surface area contributed by atoms with Gasteiger partial charge >= 0.3 is 18.1 Å². The van der Waals surface area contributed by atoms with Crippen molar-refractivity contribution >= 4 is 98.4 Å². The smallest absolute Gasteiger partial charge is 0.416 e. The topological polar surface area (TPSA) is 399 Å². The van der Waals surface area contributed by atoms with Crippen molar-refractivity contribution in [3.8, 4) is 11.5 Å². The van der Waals surface area contributed by atoms with Crippen molar-refractivity contribution < 1.29 is 80.1 Å². The molecule has 10 rings (SSSR count). The minimum absolute atomic E-state index is 0.0561. The van der Waals surface area contributed by atoms with Gasteiger partial charge in [0, 0.05) is 76.6 Å². The van der Waals surface area contributed by atoms with Gasteiger partial charge in [-0.25, -0.2) is 8.78 Å². The van der Waals surface area contributed by atoms with Crippen LogP contribution in [0.25, 0.3) is 10.8 Å². The Hall–Kier alpha value is -11.7. The number of carboxylic acids is 1. The molecule has 0 spiro atoms. The largest absolute Gasteiger partial charge is 0.508 e. The average Bonchev–Trinajstić information content (AvgIpc) is 1.25. The number of fused-ring (bicyclic) bond motifs is 1. The number of aliphatic carboxylic acids is 1. The number of carbonyl (C=O) groups excluding carboxylic acids is 6. The maximum atomic E-state index is 13.8. The molecule has 1 saturated carbocycles. The summed E-state index contributed by atoms with van der Waals surface area (Å²) in [7, 11) is 0. The molecule has 0 aliphatic heterocycles. The number of esters is 1. The molecule has 31 heteroatoms. The van der Waals surface area contributed by atoms with Gasteiger partial charge in [0.25, 0.3) is 17.5 Å². The van der Waals surface area contributed by atoms with Crippen molar-refractivity contribution in [3.05, 3.63) is 260 Å². The number of amides is 5. The number of aryl methyl sites for hydroxylation is 2. The van der Waals surface area contributed by atoms with Crippen molar-refractivity contribution in [2.75, 3.05) is 49.6 Å². The number of hydrogen-bond donors (Lipinski definition) is 11. The fourth-order valence-electron chi connectivity index (χ4n) is 10.6. The van der Waals surface area contributed by atoms with Gasteiger partial charge in [0.1, 0.15) is 35.9 Å². The van der Waals surface area contributed by atoms with E-state index >= 15 is 0 Å². The molecule has 1 heterocycles. The van der Waals surface area contributed by atoms with Crippen LogP contribution in [-0.4, -0.2) is 107 Å². The highest BCUT2D eigenvalue weighted by Gasteiger charge is 2.36. The Balaban J connectivity index is 0.000000258. The summed E-state index contributed by atoms with van der Waals surface area (Å²) < 4.78 is 77.6. The molecular weight excluding hydrogens is 1530 g/mol. The van der Waals surface area contributed by atoms with E-state index in [9.17, 15) is 70.7 Å². The molecule has 9 aromatic rings. The Labute approximate surface area is 673 Å². The number of non-ortho nitro benzene ring substituents is 1. The standard InChI is InChI=1S/C23H19F5N2OS.C18H26N4O6.C14H13ClN2O.C12H19NO.C10H8N2O2.C7H12O2/c1-22(24,25)15-11-16(23(26,27)28)13-17(12-15)30-21(31)20(14-7-3-2-4-8-14)32-19-10-6-5-9-18(19)29;1-3-28-16(25)10-20-15(24)9-21-17(26)11(2)22-18(27)14(19)8-12-4-6-13(23)7-5-12;1-10-2-3-12(15)8-13(10)14(18)17-9-11-4-6-16-7-5-11;1-9(2)11-5-4-10(3)8-12(11)14-7-6-13;11-8-5-1-3-7-4-2-6-9(10(7)8)12(13)14;1-5(7(8)9)4-6-2-3-6/h2-13,20H,29H2,1H3,(H,30,31);4-7,11,14,23H,3,8-10,19H2,1-2H3,(H,20,24)(H,21,26)(H,22,27);2-8H,9H2,1H3,(H,17,18);4-5,8-9H,6-7,13H2,1-3H3;1-6H,11H2;5-6H,2-4H2,1H3,(H,8,9)/t;11?,14-;;;;/m.1..../s1. The van der Waals surface area contributed by atoms with Gasteiger partial charge in [0.15, 0.2) is 0 Å². The van der Waals surface area contributed by atoms with Crippen LogP contribution in [0, 0.1) is 35.8 Å². The van der Waals surface area contributed by atoms with Crippen LogP contribution in [0.1, 0.15) is 127 Å². The van der Waals surface area contributed by atoms with Gasteiger partial charge in [0.2, 0.25) is 23.6 Å². The summed E-state index contributed by atoms with van der Waals surface area (Å²) in [6, 6.07) is 47.2. The Morgan fingerprint density at radius 2 is 1.36 bits per heavy atom. The number of benzene rings is 8. The fourth-order valence-corrected chi connectivity index (χ4v) is 11.8. The number of nitrogens with zero attached hydrogens (tertiary/aromatic N) is 2. The molecule has 4 atom stereocenters. The minimum Gasteiger partial charge on any atom is -0.508 e. The molecule has 0 bridgehead atoms. The molecule has 15 N–H and O–H groups in total. The number of phenolic OH excluding ortho intramolecular Hbond substituents is 1. The zero-order valence-corrected chi connectivity index (χ0v) is 66.3. The number of pyridine rings is 1. The highest BCUT2D eigenvalue weighted by atomic mass is 35.5. The Morgan fingerprint density at radius 1 is 0.722 bits per heavy atom. The number of alkyl halides is 5. The second-order valence-corrected chi connectivity index (χ2v) is 28.4. The van der Waals surface area contributed by atoms with Crippen LogP contribution in [0.5, 0.6) is 11.5 Å². The Bertz CT molecular complexity index is 4660. The summed E-state index contributed by atoms with van der Waals surface area (Å²) in [6.45, 7) is 14.9. The molecule has 614 valence electrons. The third-order valence-corrected chi connectivity index (χ3v) is 18.5. The molecule has 5 amide bonds. The van der Waals surface area contributed by atoms with Crippen LogP contribution >= 0.6 is 23.4 Å². The molecule has 1 aliphatic carbocycles. The summed E-state index contributed by atoms with van der Waals surface area (Å²) in [6.07, 6.45) is 2.16. The van der Waals surface area contributed by atoms with Crippen LogP contribution in [0.2, 0.25) is 5.02 Å². The number of nitro benzene ring substituents is 1. The van der Waals surface area contributed by atoms with Crippen LogP contribution in [-0.2, 0) is 58.6 Å². The number of carbonyl (C=O) groups is 7. The number of halogens is 6. The number of phenols is 1. The van der Waals surface area contributed by atoms with Gasteiger partial charge < -0.3 is 69.2 Å². The third-order valence-electron chi connectivity index (χ3n) is 16.9. The van der Waals surface area contributed by atoms with Crippen LogP contribution in [0.15, 0.2) is 199 Å². The molecule has 24 nitrogen and oxygen atoms in total. The molecule has 3 unspecified atom stereocenters. The highest BCUT2D eigenvalue weighted by molar-refractivity contribution is 8.00. The van der Waals surface area contributed by atoms with E-state index < -0.39 is 81.0 Å². The summed E-state index contributed by atoms with van der Waals surface area (Å²) >= 11 is 7.00. The number of hydrogen-bond acceptors (Lipinski definition) is 18. The van der Waals surface area contributed by atoms with E-state index in [1.165, 1.54) is 49.1 Å². The third kappa shape index (κ3) is 33.1. The number of nitro groups is 1. The van der Waals surface area contributed by atoms with E-state index in [2.05, 4.69) is 75.3 Å². The van der Waals surface area contributed by atoms with E-state index in [1.807, 2.05) is 25.1 Å². The number of nitrogens with one attached hydrogen (secondary N) is 5. The molecule has 1 aliphatic rings. The number of anilines is 3. The van der Waals surface area contributed by atoms with E-state index in [0.717, 1.165) is 58.0 Å². The van der Waals surface area contributed by atoms with Gasteiger partial charge in [-0.2, -0.15) is 13.2 Å². The summed E-state index contributed by atoms with van der Waals surface area (Å²) in [5, 5.41) is 41.8. The Kier molecular flexibility index (Phi) is 37.9. The summed E-state index contributed by atoms with van der Waals surface area (Å²) in [5.41, 5.74) is 27.7. The summed E-state index contributed by atoms with van der Waals surface area (Å²) in [5.74, 6) is -5.02. The fraction of sp³-hybridized carbons (Fsp3) is 0.310. The van der Waals surface area contributed by atoms with Crippen LogP contribution < -0.4 is 54.3 Å². The normalized spacial score (nSPS) is 12.4. The van der Waals surface area contributed by atoms with E-state index in [-0.39, 0.29) is 55.1 Å². The zero-order valence-electron chi connectivity index (χ0n) is 64.8. The Morgan fingerprint density at radius 3 is 1.96 bits per heavy atom. The van der Waals surface area contributed by atoms with Crippen molar-refractivity contribution in [2.45, 2.75) is 128 Å². The molecule has 1 fully saturated rings. The lowest BCUT2D eigenvalue weighted by molar-refractivity contribution is -0.383. The maximum absolute atomic E-state index is 13.8. The van der Waals surface area contributed by atoms with Gasteiger partial charge in [-0.3, -0.25) is 48.7 Å². The first kappa shape index (κ1) is 93.9. The second kappa shape index (κ2) is 46.4. The number of nitrogens with two attached hydrogens (primary N) is 4. The summed E-state index contributed by atoms with van der Waals surface area (Å²) in [4.78, 5) is 97.0. The van der Waals surface area contributed by atoms with Crippen LogP contribution in [0.3, 0.4) is 0 Å². The maximum Gasteiger partial charge on any atom is 0.416 e. The van der Waals surface area contributed by atoms with Crippen molar-refractivity contribution in [1.29, 1.82) is 0 Å². The monoisotopic (exact) mass is 1630 g/mol. The molecule has 115 heavy (non-hydrogen) atoms. The number of ether oxygens (including phenoxy) is 2. The zero-order chi connectivity index (χ0) is 85.1. The molecule has 0 radical (unpaired) electrons. The predicted octanol–water partition coefficient (Wildman–Crippen LogP) is 14.7. The quantitative estimate of drug-likeness (QED) is 0.00569. The first-order valence-electron chi connectivity index (χ1n) is 36.4. The predicted molar refractivity (Wildman–Crippen MR) is 436 cm³/mol. The molecule has 1 aromatic heterocycles. The number of nitrogen functional groups attached to an aromatic ring is 2. The number of thioether (sulfide) groups is 1. The van der Waals surface area contributed by atoms with Crippen molar-refractivity contribution in [3.63, 3.8) is 0 Å². The van der Waals surface area contributed by atoms with E-state index in [1.54, 1.807) is 135 Å². The van der Waals surface area contributed by atoms with Crippen molar-refractivity contribution in [1.82, 2.24) is 26.3 Å². The minimum atomic E-state index is -4.85. The SMILES string of the molecule is CC(CC1CC1)C(=O)O.CC(F)(F)c1cc(NC(=O)C(Sc2ccccc2N)c2ccccc2)cc(C(F)(F)F)c1.CCOC(=O)CNC(=O)CNC(=O)C(C)NC(=O)[C@H](N)Cc1ccc(O)cc1.Cc1ccc(C(C)C)c(OCCN)c1.Cc1ccc(Cl)cc1C(=O)NCc1ccncc1.Nc1cccc2cccc([N+](=O)[O-])c12. The lowest BCUT2D eigenvalue weighted by atomic mass is 10.0. The number of aromatic hydroxyl groups is 1. The molecule has 8 aromatic carbocycles. The number of aromatic nitrogens is 1. The van der Waals surface area contributed by atoms with Gasteiger partial charge in [0.05, 0.1) is 41.0 Å². The van der Waals surface area contributed by atoms with E-state index in [0.29, 0.717) is 82.5 Å². The van der Waals surface area contributed by atoms with Gasteiger partial charge in [-0.05, 0) is 170 Å². The van der Waals surface area contributed by atoms with Crippen LogP contribution in [0.4, 0.5) is 44.7 Å². The first-order valence-corrected chi connectivity index (χ1v) is 37.7. The molecular formula is C84H97ClF5N11O13S.